The van der Waals surface area contributed by atoms with Crippen LogP contribution in [0.1, 0.15) is 11.1 Å². The zero-order valence-electron chi connectivity index (χ0n) is 14.6. The summed E-state index contributed by atoms with van der Waals surface area (Å²) in [5, 5.41) is 3.13. The van der Waals surface area contributed by atoms with E-state index in [0.29, 0.717) is 17.7 Å². The van der Waals surface area contributed by atoms with Gasteiger partial charge in [0, 0.05) is 17.3 Å². The van der Waals surface area contributed by atoms with Crippen molar-refractivity contribution in [2.45, 2.75) is 6.92 Å². The van der Waals surface area contributed by atoms with Crippen LogP contribution < -0.4 is 5.32 Å². The minimum absolute atomic E-state index is 0.215. The van der Waals surface area contributed by atoms with Crippen LogP contribution in [-0.2, 0) is 14.3 Å². The largest absolute Gasteiger partial charge is 0.383 e. The molecule has 1 aliphatic rings. The summed E-state index contributed by atoms with van der Waals surface area (Å²) in [6.45, 7) is 2.49. The van der Waals surface area contributed by atoms with E-state index in [0.717, 1.165) is 15.7 Å². The molecule has 6 heteroatoms. The predicted octanol–water partition coefficient (Wildman–Crippen LogP) is 3.60. The van der Waals surface area contributed by atoms with E-state index in [1.807, 2.05) is 55.5 Å². The standard InChI is InChI=1S/C20H19BrN2O3/c1-13-6-8-14(9-7-13)17-18(22-16-5-3-4-15(21)12-16)20(25)23(19(17)24)10-11-26-2/h3-9,12,22H,10-11H2,1-2H3. The Morgan fingerprint density at radius 3 is 2.46 bits per heavy atom. The van der Waals surface area contributed by atoms with Gasteiger partial charge in [-0.2, -0.15) is 0 Å². The summed E-state index contributed by atoms with van der Waals surface area (Å²) in [6.07, 6.45) is 0. The van der Waals surface area contributed by atoms with Crippen LogP contribution in [0.4, 0.5) is 5.69 Å². The number of hydrogen-bond acceptors (Lipinski definition) is 4. The first-order valence-corrected chi connectivity index (χ1v) is 8.99. The number of amides is 2. The van der Waals surface area contributed by atoms with Crippen molar-refractivity contribution in [1.82, 2.24) is 4.90 Å². The third-order valence-electron chi connectivity index (χ3n) is 4.12. The number of carbonyl (C=O) groups is 2. The van der Waals surface area contributed by atoms with E-state index >= 15 is 0 Å². The Hall–Kier alpha value is -2.44. The second-order valence-corrected chi connectivity index (χ2v) is 6.92. The summed E-state index contributed by atoms with van der Waals surface area (Å²) in [5.41, 5.74) is 3.20. The van der Waals surface area contributed by atoms with Gasteiger partial charge in [-0.3, -0.25) is 14.5 Å². The zero-order chi connectivity index (χ0) is 18.7. The molecule has 0 bridgehead atoms. The second-order valence-electron chi connectivity index (χ2n) is 6.01. The van der Waals surface area contributed by atoms with Gasteiger partial charge in [0.1, 0.15) is 5.70 Å². The molecular formula is C20H19BrN2O3. The monoisotopic (exact) mass is 414 g/mol. The fourth-order valence-electron chi connectivity index (χ4n) is 2.78. The Bertz CT molecular complexity index is 875. The summed E-state index contributed by atoms with van der Waals surface area (Å²) in [5.74, 6) is -0.656. The van der Waals surface area contributed by atoms with E-state index in [-0.39, 0.29) is 24.1 Å². The lowest BCUT2D eigenvalue weighted by atomic mass is 10.0. The minimum Gasteiger partial charge on any atom is -0.383 e. The maximum atomic E-state index is 12.9. The molecule has 1 aliphatic heterocycles. The highest BCUT2D eigenvalue weighted by atomic mass is 79.9. The van der Waals surface area contributed by atoms with Crippen LogP contribution in [-0.4, -0.2) is 37.0 Å². The maximum absolute atomic E-state index is 12.9. The van der Waals surface area contributed by atoms with E-state index in [1.54, 1.807) is 7.11 Å². The van der Waals surface area contributed by atoms with Crippen LogP contribution >= 0.6 is 15.9 Å². The third-order valence-corrected chi connectivity index (χ3v) is 4.61. The molecule has 0 aromatic heterocycles. The molecule has 3 rings (SSSR count). The lowest BCUT2D eigenvalue weighted by molar-refractivity contribution is -0.137. The van der Waals surface area contributed by atoms with Crippen molar-refractivity contribution in [3.63, 3.8) is 0 Å². The Labute approximate surface area is 160 Å². The molecule has 0 atom stereocenters. The van der Waals surface area contributed by atoms with Crippen molar-refractivity contribution in [3.05, 3.63) is 69.8 Å². The molecule has 2 amide bonds. The molecule has 0 saturated heterocycles. The molecule has 1 N–H and O–H groups in total. The molecule has 1 heterocycles. The molecule has 5 nitrogen and oxygen atoms in total. The molecule has 26 heavy (non-hydrogen) atoms. The summed E-state index contributed by atoms with van der Waals surface area (Å²) in [7, 11) is 1.54. The number of imide groups is 1. The SMILES string of the molecule is COCCN1C(=O)C(Nc2cccc(Br)c2)=C(c2ccc(C)cc2)C1=O. The number of carbonyl (C=O) groups excluding carboxylic acids is 2. The van der Waals surface area contributed by atoms with Crippen molar-refractivity contribution < 1.29 is 14.3 Å². The summed E-state index contributed by atoms with van der Waals surface area (Å²) in [6, 6.07) is 15.0. The number of methoxy groups -OCH3 is 1. The first-order chi connectivity index (χ1) is 12.5. The Morgan fingerprint density at radius 2 is 1.81 bits per heavy atom. The second kappa shape index (κ2) is 7.85. The van der Waals surface area contributed by atoms with Gasteiger partial charge in [-0.1, -0.05) is 51.8 Å². The summed E-state index contributed by atoms with van der Waals surface area (Å²) >= 11 is 3.42. The topological polar surface area (TPSA) is 58.6 Å². The van der Waals surface area contributed by atoms with E-state index in [2.05, 4.69) is 21.2 Å². The van der Waals surface area contributed by atoms with Crippen molar-refractivity contribution in [2.24, 2.45) is 0 Å². The average molecular weight is 415 g/mol. The molecule has 0 saturated carbocycles. The first kappa shape index (κ1) is 18.4. The van der Waals surface area contributed by atoms with Crippen molar-refractivity contribution in [1.29, 1.82) is 0 Å². The molecule has 2 aromatic carbocycles. The van der Waals surface area contributed by atoms with Crippen LogP contribution in [0, 0.1) is 6.92 Å². The van der Waals surface area contributed by atoms with Gasteiger partial charge in [-0.25, -0.2) is 0 Å². The summed E-state index contributed by atoms with van der Waals surface area (Å²) < 4.78 is 5.92. The lowest BCUT2D eigenvalue weighted by Gasteiger charge is -2.14. The quantitative estimate of drug-likeness (QED) is 0.733. The average Bonchev–Trinajstić information content (AvgIpc) is 2.84. The molecule has 134 valence electrons. The van der Waals surface area contributed by atoms with Gasteiger partial charge >= 0.3 is 0 Å². The van der Waals surface area contributed by atoms with Crippen molar-refractivity contribution in [2.75, 3.05) is 25.6 Å². The molecule has 0 unspecified atom stereocenters. The number of nitrogens with zero attached hydrogens (tertiary/aromatic N) is 1. The van der Waals surface area contributed by atoms with Crippen molar-refractivity contribution >= 4 is 39.0 Å². The molecular weight excluding hydrogens is 396 g/mol. The zero-order valence-corrected chi connectivity index (χ0v) is 16.2. The normalized spacial score (nSPS) is 14.3. The number of nitrogens with one attached hydrogen (secondary N) is 1. The molecule has 0 fully saturated rings. The van der Waals surface area contributed by atoms with Crippen molar-refractivity contribution in [3.8, 4) is 0 Å². The first-order valence-electron chi connectivity index (χ1n) is 8.20. The Morgan fingerprint density at radius 1 is 1.08 bits per heavy atom. The minimum atomic E-state index is -0.345. The van der Waals surface area contributed by atoms with E-state index in [9.17, 15) is 9.59 Å². The Balaban J connectivity index is 2.03. The van der Waals surface area contributed by atoms with E-state index in [4.69, 9.17) is 4.74 Å². The van der Waals surface area contributed by atoms with Crippen LogP contribution in [0.2, 0.25) is 0 Å². The highest BCUT2D eigenvalue weighted by Gasteiger charge is 2.38. The maximum Gasteiger partial charge on any atom is 0.278 e. The molecule has 0 spiro atoms. The van der Waals surface area contributed by atoms with E-state index in [1.165, 1.54) is 4.90 Å². The highest BCUT2D eigenvalue weighted by Crippen LogP contribution is 2.31. The number of hydrogen-bond donors (Lipinski definition) is 1. The smallest absolute Gasteiger partial charge is 0.278 e. The fourth-order valence-corrected chi connectivity index (χ4v) is 3.18. The van der Waals surface area contributed by atoms with Crippen LogP contribution in [0.25, 0.3) is 5.57 Å². The number of benzene rings is 2. The van der Waals surface area contributed by atoms with Gasteiger partial charge in [-0.05, 0) is 30.7 Å². The van der Waals surface area contributed by atoms with Gasteiger partial charge in [0.05, 0.1) is 18.7 Å². The number of anilines is 1. The molecule has 0 aliphatic carbocycles. The van der Waals surface area contributed by atoms with Crippen LogP contribution in [0.3, 0.4) is 0 Å². The molecule has 0 radical (unpaired) electrons. The lowest BCUT2D eigenvalue weighted by Crippen LogP contribution is -2.35. The van der Waals surface area contributed by atoms with Gasteiger partial charge in [-0.15, -0.1) is 0 Å². The number of rotatable bonds is 6. The van der Waals surface area contributed by atoms with Crippen LogP contribution in [0.5, 0.6) is 0 Å². The number of halogens is 1. The molecule has 2 aromatic rings. The number of aryl methyl sites for hydroxylation is 1. The van der Waals surface area contributed by atoms with Crippen LogP contribution in [0.15, 0.2) is 58.7 Å². The fraction of sp³-hybridized carbons (Fsp3) is 0.200. The van der Waals surface area contributed by atoms with Gasteiger partial charge in [0.25, 0.3) is 11.8 Å². The highest BCUT2D eigenvalue weighted by molar-refractivity contribution is 9.10. The summed E-state index contributed by atoms with van der Waals surface area (Å²) in [4.78, 5) is 27.0. The Kier molecular flexibility index (Phi) is 5.54. The van der Waals surface area contributed by atoms with Gasteiger partial charge < -0.3 is 10.1 Å². The van der Waals surface area contributed by atoms with Gasteiger partial charge in [0.2, 0.25) is 0 Å². The number of ether oxygens (including phenoxy) is 1. The van der Waals surface area contributed by atoms with E-state index < -0.39 is 0 Å². The third kappa shape index (κ3) is 3.71. The van der Waals surface area contributed by atoms with Gasteiger partial charge in [0.15, 0.2) is 0 Å². The predicted molar refractivity (Wildman–Crippen MR) is 104 cm³/mol.